The number of rotatable bonds is 8. The van der Waals surface area contributed by atoms with Crippen LogP contribution in [0.5, 0.6) is 0 Å². The molecule has 48 heavy (non-hydrogen) atoms. The number of aliphatic hydroxyl groups is 1. The molecule has 12 heteroatoms. The Morgan fingerprint density at radius 3 is 1.98 bits per heavy atom. The minimum absolute atomic E-state index is 0.130. The third-order valence-electron chi connectivity index (χ3n) is 9.41. The lowest BCUT2D eigenvalue weighted by Gasteiger charge is -2.64. The summed E-state index contributed by atoms with van der Waals surface area (Å²) in [6, 6.07) is 16.9. The number of carbonyl (C=O) groups excluding carboxylic acids is 5. The highest BCUT2D eigenvalue weighted by Gasteiger charge is 2.88. The quantitative estimate of drug-likeness (QED) is 0.248. The zero-order valence-corrected chi connectivity index (χ0v) is 27.7. The molecule has 1 spiro atoms. The summed E-state index contributed by atoms with van der Waals surface area (Å²) in [5.41, 5.74) is -7.09. The van der Waals surface area contributed by atoms with E-state index in [1.807, 2.05) is 6.07 Å². The summed E-state index contributed by atoms with van der Waals surface area (Å²) in [6.45, 7) is 8.19. The Bertz CT molecular complexity index is 1600. The van der Waals surface area contributed by atoms with Crippen LogP contribution in [0, 0.1) is 5.92 Å². The predicted molar refractivity (Wildman–Crippen MR) is 168 cm³/mol. The van der Waals surface area contributed by atoms with Gasteiger partial charge in [-0.05, 0) is 51.0 Å². The molecular formula is C36H40O12. The SMILES string of the molecule is CC(=O)O[C@H]1C[C@](C)(O)[C@]23OC(C)(C)C(C[C@H](OC(=O)c4ccccc4)[C@]2(OC(C)=O)[C@H]1OC(=O)/C=C/c1ccccc1)[C@H]3OC(C)=O. The first-order valence-electron chi connectivity index (χ1n) is 15.7. The molecule has 1 unspecified atom stereocenters. The number of benzene rings is 2. The summed E-state index contributed by atoms with van der Waals surface area (Å²) >= 11 is 0. The van der Waals surface area contributed by atoms with Crippen LogP contribution in [0.25, 0.3) is 6.08 Å². The minimum atomic E-state index is -2.42. The van der Waals surface area contributed by atoms with Gasteiger partial charge in [-0.15, -0.1) is 0 Å². The molecule has 1 aliphatic heterocycles. The van der Waals surface area contributed by atoms with Crippen molar-refractivity contribution in [3.8, 4) is 0 Å². The molecule has 12 nitrogen and oxygen atoms in total. The van der Waals surface area contributed by atoms with E-state index in [9.17, 15) is 29.1 Å². The maximum absolute atomic E-state index is 13.7. The molecule has 1 heterocycles. The van der Waals surface area contributed by atoms with E-state index >= 15 is 0 Å². The molecule has 2 saturated carbocycles. The molecule has 5 rings (SSSR count). The van der Waals surface area contributed by atoms with Crippen molar-refractivity contribution in [3.05, 3.63) is 77.9 Å². The maximum Gasteiger partial charge on any atom is 0.338 e. The van der Waals surface area contributed by atoms with Gasteiger partial charge < -0.3 is 33.5 Å². The average molecular weight is 665 g/mol. The summed E-state index contributed by atoms with van der Waals surface area (Å²) in [4.78, 5) is 65.8. The highest BCUT2D eigenvalue weighted by molar-refractivity contribution is 5.90. The fourth-order valence-corrected chi connectivity index (χ4v) is 7.77. The summed E-state index contributed by atoms with van der Waals surface area (Å²) < 4.78 is 36.8. The van der Waals surface area contributed by atoms with E-state index in [2.05, 4.69) is 0 Å². The van der Waals surface area contributed by atoms with Gasteiger partial charge in [-0.3, -0.25) is 14.4 Å². The van der Waals surface area contributed by atoms with Crippen LogP contribution in [0.15, 0.2) is 66.7 Å². The monoisotopic (exact) mass is 664 g/mol. The van der Waals surface area contributed by atoms with E-state index in [4.69, 9.17) is 28.4 Å². The predicted octanol–water partition coefficient (Wildman–Crippen LogP) is 3.72. The summed E-state index contributed by atoms with van der Waals surface area (Å²) in [7, 11) is 0. The van der Waals surface area contributed by atoms with E-state index in [0.29, 0.717) is 5.56 Å². The summed E-state index contributed by atoms with van der Waals surface area (Å²) in [5.74, 6) is -4.90. The van der Waals surface area contributed by atoms with Crippen molar-refractivity contribution in [2.45, 2.75) is 101 Å². The van der Waals surface area contributed by atoms with Gasteiger partial charge in [-0.2, -0.15) is 0 Å². The third-order valence-corrected chi connectivity index (χ3v) is 9.41. The second-order valence-corrected chi connectivity index (χ2v) is 13.2. The minimum Gasteiger partial charge on any atom is -0.459 e. The van der Waals surface area contributed by atoms with E-state index < -0.39 is 89.0 Å². The smallest absolute Gasteiger partial charge is 0.338 e. The van der Waals surface area contributed by atoms with Gasteiger partial charge in [0.05, 0.1) is 11.2 Å². The Hall–Kier alpha value is -4.55. The number of esters is 5. The molecule has 2 aromatic carbocycles. The van der Waals surface area contributed by atoms with E-state index in [1.54, 1.807) is 56.3 Å². The topological polar surface area (TPSA) is 161 Å². The number of carbonyl (C=O) groups is 5. The fraction of sp³-hybridized carbons (Fsp3) is 0.472. The van der Waals surface area contributed by atoms with E-state index in [1.165, 1.54) is 32.1 Å². The van der Waals surface area contributed by atoms with E-state index in [0.717, 1.165) is 19.9 Å². The number of ether oxygens (including phenoxy) is 6. The van der Waals surface area contributed by atoms with Crippen LogP contribution in [0.1, 0.15) is 70.3 Å². The Morgan fingerprint density at radius 2 is 1.40 bits per heavy atom. The standard InChI is InChI=1S/C36H40O12/c1-21(37)43-27-20-34(6,42)36-30(44-22(2)38)26(33(4,5)48-36)19-28(45-32(41)25-15-11-8-12-16-25)35(36,47-23(3)39)31(27)46-29(40)18-17-24-13-9-7-10-14-24/h7-18,26-28,30-31,42H,19-20H2,1-6H3/b18-17+/t26?,27-,28-,30+,31-,34-,35-,36-/m0/s1. The largest absolute Gasteiger partial charge is 0.459 e. The lowest BCUT2D eigenvalue weighted by molar-refractivity contribution is -0.369. The lowest BCUT2D eigenvalue weighted by atomic mass is 9.51. The van der Waals surface area contributed by atoms with Gasteiger partial charge in [0.25, 0.3) is 0 Å². The van der Waals surface area contributed by atoms with Gasteiger partial charge in [0, 0.05) is 39.2 Å². The Kier molecular flexibility index (Phi) is 9.28. The summed E-state index contributed by atoms with van der Waals surface area (Å²) in [5, 5.41) is 12.5. The van der Waals surface area contributed by atoms with Crippen LogP contribution in [-0.4, -0.2) is 81.8 Å². The molecular weight excluding hydrogens is 624 g/mol. The Labute approximate surface area is 278 Å². The zero-order chi connectivity index (χ0) is 35.1. The molecule has 3 fully saturated rings. The number of hydrogen-bond acceptors (Lipinski definition) is 12. The van der Waals surface area contributed by atoms with E-state index in [-0.39, 0.29) is 12.0 Å². The molecule has 2 bridgehead atoms. The normalized spacial score (nSPS) is 33.2. The van der Waals surface area contributed by atoms with Crippen LogP contribution < -0.4 is 0 Å². The molecule has 0 amide bonds. The van der Waals surface area contributed by atoms with Crippen molar-refractivity contribution in [2.75, 3.05) is 0 Å². The Morgan fingerprint density at radius 1 is 0.792 bits per heavy atom. The molecule has 256 valence electrons. The van der Waals surface area contributed by atoms with Crippen molar-refractivity contribution in [3.63, 3.8) is 0 Å². The van der Waals surface area contributed by atoms with Gasteiger partial charge >= 0.3 is 29.8 Å². The van der Waals surface area contributed by atoms with Gasteiger partial charge in [0.15, 0.2) is 11.7 Å². The first-order chi connectivity index (χ1) is 22.5. The fourth-order valence-electron chi connectivity index (χ4n) is 7.77. The van der Waals surface area contributed by atoms with Crippen LogP contribution in [0.2, 0.25) is 0 Å². The maximum atomic E-state index is 13.7. The van der Waals surface area contributed by atoms with Crippen molar-refractivity contribution in [1.29, 1.82) is 0 Å². The van der Waals surface area contributed by atoms with Crippen molar-refractivity contribution in [2.24, 2.45) is 5.92 Å². The van der Waals surface area contributed by atoms with Crippen molar-refractivity contribution in [1.82, 2.24) is 0 Å². The highest BCUT2D eigenvalue weighted by atomic mass is 16.7. The Balaban J connectivity index is 1.76. The highest BCUT2D eigenvalue weighted by Crippen LogP contribution is 2.66. The molecule has 8 atom stereocenters. The second kappa shape index (κ2) is 12.8. The molecule has 0 aromatic heterocycles. The number of hydrogen-bond donors (Lipinski definition) is 1. The molecule has 1 N–H and O–H groups in total. The van der Waals surface area contributed by atoms with Gasteiger partial charge in [0.2, 0.25) is 5.60 Å². The lowest BCUT2D eigenvalue weighted by Crippen LogP contribution is -2.87. The van der Waals surface area contributed by atoms with Gasteiger partial charge in [-0.25, -0.2) is 9.59 Å². The first-order valence-corrected chi connectivity index (χ1v) is 15.7. The van der Waals surface area contributed by atoms with Crippen LogP contribution in [0.4, 0.5) is 0 Å². The van der Waals surface area contributed by atoms with Crippen molar-refractivity contribution >= 4 is 35.9 Å². The molecule has 1 saturated heterocycles. The van der Waals surface area contributed by atoms with Crippen LogP contribution >= 0.6 is 0 Å². The van der Waals surface area contributed by atoms with Crippen LogP contribution in [0.3, 0.4) is 0 Å². The first kappa shape index (κ1) is 34.8. The molecule has 3 aliphatic rings. The van der Waals surface area contributed by atoms with Crippen LogP contribution in [-0.2, 0) is 47.6 Å². The average Bonchev–Trinajstić information content (AvgIpc) is 3.18. The molecule has 0 radical (unpaired) electrons. The van der Waals surface area contributed by atoms with Gasteiger partial charge in [-0.1, -0.05) is 48.5 Å². The second-order valence-electron chi connectivity index (χ2n) is 13.2. The molecule has 2 aromatic rings. The number of fused-ring (bicyclic) bond motifs is 1. The summed E-state index contributed by atoms with van der Waals surface area (Å²) in [6.07, 6.45) is -3.86. The third kappa shape index (κ3) is 5.99. The zero-order valence-electron chi connectivity index (χ0n) is 27.7. The van der Waals surface area contributed by atoms with Crippen molar-refractivity contribution < 1.29 is 57.5 Å². The molecule has 2 aliphatic carbocycles. The van der Waals surface area contributed by atoms with Gasteiger partial charge in [0.1, 0.15) is 23.9 Å².